The molecule has 14 heavy (non-hydrogen) atoms. The zero-order chi connectivity index (χ0) is 10.2. The molecule has 0 atom stereocenters. The first kappa shape index (κ1) is 10.8. The standard InChI is InChI=1S/C12H17NO/c1-11-5-7-12(8-6-11)4-2-3-9-13-10-14/h5-8,10H,2-4,9H2,1H3,(H,13,14). The Balaban J connectivity index is 2.18. The molecular weight excluding hydrogens is 174 g/mol. The summed E-state index contributed by atoms with van der Waals surface area (Å²) < 4.78 is 0. The van der Waals surface area contributed by atoms with Crippen LogP contribution in [0.3, 0.4) is 0 Å². The molecule has 1 aromatic carbocycles. The largest absolute Gasteiger partial charge is 0.359 e. The fraction of sp³-hybridized carbons (Fsp3) is 0.417. The second-order valence-electron chi connectivity index (χ2n) is 3.51. The van der Waals surface area contributed by atoms with Crippen molar-refractivity contribution in [3.63, 3.8) is 0 Å². The van der Waals surface area contributed by atoms with Gasteiger partial charge in [0, 0.05) is 6.54 Å². The first-order valence-corrected chi connectivity index (χ1v) is 5.05. The Morgan fingerprint density at radius 2 is 1.93 bits per heavy atom. The van der Waals surface area contributed by atoms with Crippen molar-refractivity contribution in [2.24, 2.45) is 0 Å². The molecule has 0 fully saturated rings. The van der Waals surface area contributed by atoms with Crippen molar-refractivity contribution in [2.45, 2.75) is 26.2 Å². The van der Waals surface area contributed by atoms with E-state index in [9.17, 15) is 4.79 Å². The molecule has 0 radical (unpaired) electrons. The molecule has 0 spiro atoms. The fourth-order valence-corrected chi connectivity index (χ4v) is 1.37. The number of nitrogens with one attached hydrogen (secondary N) is 1. The van der Waals surface area contributed by atoms with Crippen LogP contribution in [0.25, 0.3) is 0 Å². The van der Waals surface area contributed by atoms with Gasteiger partial charge in [-0.1, -0.05) is 29.8 Å². The van der Waals surface area contributed by atoms with E-state index in [1.165, 1.54) is 11.1 Å². The molecular formula is C12H17NO. The molecule has 0 aliphatic carbocycles. The topological polar surface area (TPSA) is 29.1 Å². The molecule has 76 valence electrons. The van der Waals surface area contributed by atoms with Gasteiger partial charge in [-0.2, -0.15) is 0 Å². The van der Waals surface area contributed by atoms with E-state index >= 15 is 0 Å². The van der Waals surface area contributed by atoms with Crippen molar-refractivity contribution in [1.82, 2.24) is 5.32 Å². The van der Waals surface area contributed by atoms with Crippen molar-refractivity contribution in [3.05, 3.63) is 35.4 Å². The summed E-state index contributed by atoms with van der Waals surface area (Å²) in [7, 11) is 0. The molecule has 1 rings (SSSR count). The first-order valence-electron chi connectivity index (χ1n) is 5.05. The van der Waals surface area contributed by atoms with Crippen LogP contribution < -0.4 is 5.32 Å². The normalized spacial score (nSPS) is 9.79. The van der Waals surface area contributed by atoms with E-state index in [1.807, 2.05) is 0 Å². The van der Waals surface area contributed by atoms with Gasteiger partial charge in [0.05, 0.1) is 0 Å². The minimum Gasteiger partial charge on any atom is -0.359 e. The van der Waals surface area contributed by atoms with Gasteiger partial charge in [0.2, 0.25) is 6.41 Å². The van der Waals surface area contributed by atoms with Gasteiger partial charge in [0.15, 0.2) is 0 Å². The maximum absolute atomic E-state index is 9.96. The second-order valence-corrected chi connectivity index (χ2v) is 3.51. The van der Waals surface area contributed by atoms with Crippen LogP contribution in [-0.2, 0) is 11.2 Å². The lowest BCUT2D eigenvalue weighted by Crippen LogP contribution is -2.11. The van der Waals surface area contributed by atoms with Gasteiger partial charge >= 0.3 is 0 Å². The average molecular weight is 191 g/mol. The van der Waals surface area contributed by atoms with E-state index in [0.29, 0.717) is 0 Å². The third-order valence-electron chi connectivity index (χ3n) is 2.24. The molecule has 0 aliphatic heterocycles. The van der Waals surface area contributed by atoms with Crippen LogP contribution >= 0.6 is 0 Å². The van der Waals surface area contributed by atoms with Crippen molar-refractivity contribution in [2.75, 3.05) is 6.54 Å². The minimum atomic E-state index is 0.756. The molecule has 0 heterocycles. The Hall–Kier alpha value is -1.31. The molecule has 0 unspecified atom stereocenters. The maximum atomic E-state index is 9.96. The number of carbonyl (C=O) groups is 1. The lowest BCUT2D eigenvalue weighted by Gasteiger charge is -2.01. The SMILES string of the molecule is Cc1ccc(CCCCNC=O)cc1. The molecule has 1 N–H and O–H groups in total. The number of carbonyl (C=O) groups excluding carboxylic acids is 1. The van der Waals surface area contributed by atoms with Crippen molar-refractivity contribution in [1.29, 1.82) is 0 Å². The minimum absolute atomic E-state index is 0.756. The summed E-state index contributed by atoms with van der Waals surface area (Å²) in [4.78, 5) is 9.96. The summed E-state index contributed by atoms with van der Waals surface area (Å²) in [6.45, 7) is 2.88. The highest BCUT2D eigenvalue weighted by Crippen LogP contribution is 2.06. The number of hydrogen-bond donors (Lipinski definition) is 1. The summed E-state index contributed by atoms with van der Waals surface area (Å²) in [6.07, 6.45) is 4.03. The molecule has 1 aromatic rings. The third-order valence-corrected chi connectivity index (χ3v) is 2.24. The molecule has 0 saturated carbocycles. The molecule has 0 aliphatic rings. The Labute approximate surface area is 85.3 Å². The van der Waals surface area contributed by atoms with Crippen LogP contribution in [0, 0.1) is 6.92 Å². The third kappa shape index (κ3) is 4.08. The average Bonchev–Trinajstić information content (AvgIpc) is 2.21. The van der Waals surface area contributed by atoms with E-state index < -0.39 is 0 Å². The van der Waals surface area contributed by atoms with Crippen LogP contribution in [0.2, 0.25) is 0 Å². The molecule has 2 nitrogen and oxygen atoms in total. The van der Waals surface area contributed by atoms with Gasteiger partial charge in [0.25, 0.3) is 0 Å². The van der Waals surface area contributed by atoms with Crippen molar-refractivity contribution in [3.8, 4) is 0 Å². The second kappa shape index (κ2) is 6.19. The number of unbranched alkanes of at least 4 members (excludes halogenated alkanes) is 1. The number of aryl methyl sites for hydroxylation is 2. The number of amides is 1. The molecule has 0 saturated heterocycles. The Bertz CT molecular complexity index is 266. The van der Waals surface area contributed by atoms with E-state index in [0.717, 1.165) is 32.2 Å². The van der Waals surface area contributed by atoms with Gasteiger partial charge in [-0.25, -0.2) is 0 Å². The molecule has 0 aromatic heterocycles. The number of hydrogen-bond acceptors (Lipinski definition) is 1. The quantitative estimate of drug-likeness (QED) is 0.541. The monoisotopic (exact) mass is 191 g/mol. The van der Waals surface area contributed by atoms with Crippen LogP contribution in [0.4, 0.5) is 0 Å². The van der Waals surface area contributed by atoms with E-state index in [4.69, 9.17) is 0 Å². The highest BCUT2D eigenvalue weighted by Gasteiger charge is 1.92. The van der Waals surface area contributed by atoms with E-state index in [2.05, 4.69) is 36.5 Å². The van der Waals surface area contributed by atoms with Crippen LogP contribution in [0.15, 0.2) is 24.3 Å². The van der Waals surface area contributed by atoms with Crippen molar-refractivity contribution < 1.29 is 4.79 Å². The fourth-order valence-electron chi connectivity index (χ4n) is 1.37. The highest BCUT2D eigenvalue weighted by molar-refractivity contribution is 5.45. The van der Waals surface area contributed by atoms with Gasteiger partial charge in [-0.05, 0) is 31.7 Å². The molecule has 2 heteroatoms. The zero-order valence-electron chi connectivity index (χ0n) is 8.62. The van der Waals surface area contributed by atoms with Crippen molar-refractivity contribution >= 4 is 6.41 Å². The van der Waals surface area contributed by atoms with Gasteiger partial charge in [-0.15, -0.1) is 0 Å². The van der Waals surface area contributed by atoms with Gasteiger partial charge in [0.1, 0.15) is 0 Å². The summed E-state index contributed by atoms with van der Waals surface area (Å²) in [5.41, 5.74) is 2.68. The number of rotatable bonds is 6. The first-order chi connectivity index (χ1) is 6.83. The van der Waals surface area contributed by atoms with E-state index in [-0.39, 0.29) is 0 Å². The molecule has 1 amide bonds. The van der Waals surface area contributed by atoms with Gasteiger partial charge in [-0.3, -0.25) is 4.79 Å². The van der Waals surface area contributed by atoms with Crippen LogP contribution in [0.5, 0.6) is 0 Å². The maximum Gasteiger partial charge on any atom is 0.207 e. The molecule has 0 bridgehead atoms. The lowest BCUT2D eigenvalue weighted by atomic mass is 10.1. The van der Waals surface area contributed by atoms with Gasteiger partial charge < -0.3 is 5.32 Å². The lowest BCUT2D eigenvalue weighted by molar-refractivity contribution is -0.109. The summed E-state index contributed by atoms with van der Waals surface area (Å²) >= 11 is 0. The Kier molecular flexibility index (Phi) is 4.76. The summed E-state index contributed by atoms with van der Waals surface area (Å²) in [5.74, 6) is 0. The van der Waals surface area contributed by atoms with Crippen LogP contribution in [0.1, 0.15) is 24.0 Å². The zero-order valence-corrected chi connectivity index (χ0v) is 8.62. The van der Waals surface area contributed by atoms with E-state index in [1.54, 1.807) is 0 Å². The summed E-state index contributed by atoms with van der Waals surface area (Å²) in [6, 6.07) is 8.61. The smallest absolute Gasteiger partial charge is 0.207 e. The Morgan fingerprint density at radius 3 is 2.57 bits per heavy atom. The predicted octanol–water partition coefficient (Wildman–Crippen LogP) is 2.06. The highest BCUT2D eigenvalue weighted by atomic mass is 16.1. The van der Waals surface area contributed by atoms with Crippen LogP contribution in [-0.4, -0.2) is 13.0 Å². The Morgan fingerprint density at radius 1 is 1.21 bits per heavy atom. The summed E-state index contributed by atoms with van der Waals surface area (Å²) in [5, 5.41) is 2.66. The number of benzene rings is 1. The predicted molar refractivity (Wildman–Crippen MR) is 58.2 cm³/mol.